The lowest BCUT2D eigenvalue weighted by Crippen LogP contribution is -2.39. The van der Waals surface area contributed by atoms with Crippen LogP contribution in [-0.4, -0.2) is 41.4 Å². The molecule has 0 fully saturated rings. The first kappa shape index (κ1) is 23.6. The Morgan fingerprint density at radius 2 is 1.88 bits per heavy atom. The topological polar surface area (TPSA) is 59.0 Å². The first-order valence-corrected chi connectivity index (χ1v) is 11.2. The van der Waals surface area contributed by atoms with Gasteiger partial charge < -0.3 is 19.5 Å². The molecular weight excluding hydrogens is 663 g/mol. The summed E-state index contributed by atoms with van der Waals surface area (Å²) in [4.78, 5) is 13.8. The van der Waals surface area contributed by atoms with Gasteiger partial charge in [-0.05, 0) is 107 Å². The molecule has 0 aliphatic carbocycles. The molecule has 142 valence electrons. The van der Waals surface area contributed by atoms with E-state index in [1.807, 2.05) is 39.8 Å². The fourth-order valence-corrected chi connectivity index (χ4v) is 4.48. The predicted molar refractivity (Wildman–Crippen MR) is 124 cm³/mol. The van der Waals surface area contributed by atoms with E-state index in [1.165, 1.54) is 0 Å². The lowest BCUT2D eigenvalue weighted by molar-refractivity contribution is -0.107. The van der Waals surface area contributed by atoms with E-state index >= 15 is 0 Å². The van der Waals surface area contributed by atoms with Crippen LogP contribution in [0.4, 0.5) is 4.79 Å². The molecule has 0 spiro atoms. The molecule has 0 aromatic heterocycles. The first-order chi connectivity index (χ1) is 11.5. The number of amides is 1. The lowest BCUT2D eigenvalue weighted by atomic mass is 10.2. The highest BCUT2D eigenvalue weighted by Crippen LogP contribution is 2.28. The van der Waals surface area contributed by atoms with Gasteiger partial charge in [0.05, 0.1) is 6.61 Å². The molecule has 25 heavy (non-hydrogen) atoms. The Balaban J connectivity index is 2.65. The number of hydrogen-bond acceptors (Lipinski definition) is 4. The molecule has 0 saturated carbocycles. The van der Waals surface area contributed by atoms with Crippen molar-refractivity contribution in [3.8, 4) is 0 Å². The average Bonchev–Trinajstić information content (AvgIpc) is 2.48. The second-order valence-electron chi connectivity index (χ2n) is 6.48. The molecule has 1 aromatic carbocycles. The monoisotopic (exact) mass is 687 g/mol. The van der Waals surface area contributed by atoms with Crippen LogP contribution in [0.25, 0.3) is 0 Å². The van der Waals surface area contributed by atoms with Crippen LogP contribution in [-0.2, 0) is 9.47 Å². The van der Waals surface area contributed by atoms with E-state index in [1.54, 1.807) is 4.90 Å². The van der Waals surface area contributed by atoms with Crippen LogP contribution in [0.5, 0.6) is 0 Å². The summed E-state index contributed by atoms with van der Waals surface area (Å²) < 4.78 is 14.1. The fraction of sp³-hybridized carbons (Fsp3) is 0.588. The minimum atomic E-state index is -1.02. The number of benzene rings is 1. The zero-order valence-electron chi connectivity index (χ0n) is 14.8. The smallest absolute Gasteiger partial charge is 0.410 e. The maximum atomic E-state index is 12.2. The summed E-state index contributed by atoms with van der Waals surface area (Å²) in [6.45, 7) is 8.73. The van der Waals surface area contributed by atoms with Crippen molar-refractivity contribution >= 4 is 73.9 Å². The predicted octanol–water partition coefficient (Wildman–Crippen LogP) is 5.16. The molecule has 0 bridgehead atoms. The maximum Gasteiger partial charge on any atom is 0.410 e. The molecule has 5 nitrogen and oxygen atoms in total. The number of rotatable bonds is 7. The van der Waals surface area contributed by atoms with Crippen molar-refractivity contribution in [1.82, 2.24) is 4.90 Å². The summed E-state index contributed by atoms with van der Waals surface area (Å²) in [6, 6.07) is 3.96. The molecule has 0 saturated heterocycles. The zero-order chi connectivity index (χ0) is 19.2. The lowest BCUT2D eigenvalue weighted by Gasteiger charge is -2.27. The Bertz CT molecular complexity index is 590. The summed E-state index contributed by atoms with van der Waals surface area (Å²) in [7, 11) is 0. The molecule has 1 rings (SSSR count). The van der Waals surface area contributed by atoms with Gasteiger partial charge in [-0.1, -0.05) is 6.92 Å². The van der Waals surface area contributed by atoms with Gasteiger partial charge in [0.1, 0.15) is 5.60 Å². The minimum Gasteiger partial charge on any atom is -0.444 e. The van der Waals surface area contributed by atoms with Crippen LogP contribution in [0.2, 0.25) is 0 Å². The van der Waals surface area contributed by atoms with E-state index in [2.05, 4.69) is 67.8 Å². The number of aliphatic hydroxyl groups excluding tert-OH is 1. The van der Waals surface area contributed by atoms with E-state index in [0.29, 0.717) is 13.1 Å². The summed E-state index contributed by atoms with van der Waals surface area (Å²) in [6.07, 6.45) is -0.544. The number of hydrogen-bond donors (Lipinski definition) is 1. The van der Waals surface area contributed by atoms with Crippen molar-refractivity contribution in [3.05, 3.63) is 28.4 Å². The number of nitrogens with zero attached hydrogens (tertiary/aromatic N) is 1. The molecule has 1 N–H and O–H groups in total. The molecule has 0 aliphatic heterocycles. The Morgan fingerprint density at radius 1 is 1.24 bits per heavy atom. The van der Waals surface area contributed by atoms with E-state index in [9.17, 15) is 9.90 Å². The van der Waals surface area contributed by atoms with E-state index in [-0.39, 0.29) is 12.7 Å². The molecule has 1 atom stereocenters. The molecule has 8 heteroatoms. The molecule has 0 radical (unpaired) electrons. The second-order valence-corrected chi connectivity index (χ2v) is 9.97. The van der Waals surface area contributed by atoms with Crippen molar-refractivity contribution < 1.29 is 19.4 Å². The third-order valence-electron chi connectivity index (χ3n) is 3.07. The molecule has 0 heterocycles. The van der Waals surface area contributed by atoms with E-state index in [4.69, 9.17) is 9.47 Å². The zero-order valence-corrected chi connectivity index (χ0v) is 21.3. The highest BCUT2D eigenvalue weighted by atomic mass is 127. The summed E-state index contributed by atoms with van der Waals surface area (Å²) >= 11 is 6.66. The summed E-state index contributed by atoms with van der Waals surface area (Å²) in [5.74, 6) is 0. The number of carbonyl (C=O) groups is 1. The first-order valence-electron chi connectivity index (χ1n) is 7.97. The maximum absolute atomic E-state index is 12.2. The standard InChI is InChI=1S/C17H24I3NO4/c1-5-6-21(16(23)25-17(2,3)4)7-8-24-15(22)12-9-11(18)10-13(19)14(12)20/h9-10,15,22H,5-8H2,1-4H3. The average molecular weight is 687 g/mol. The van der Waals surface area contributed by atoms with Crippen LogP contribution >= 0.6 is 67.8 Å². The van der Waals surface area contributed by atoms with Crippen molar-refractivity contribution in [3.63, 3.8) is 0 Å². The van der Waals surface area contributed by atoms with Crippen LogP contribution in [0.15, 0.2) is 12.1 Å². The van der Waals surface area contributed by atoms with Crippen LogP contribution in [0.3, 0.4) is 0 Å². The van der Waals surface area contributed by atoms with Crippen molar-refractivity contribution in [2.45, 2.75) is 46.0 Å². The van der Waals surface area contributed by atoms with Crippen LogP contribution in [0.1, 0.15) is 46.0 Å². The SMILES string of the molecule is CCCN(CCOC(O)c1cc(I)cc(I)c1I)C(=O)OC(C)(C)C. The van der Waals surface area contributed by atoms with E-state index in [0.717, 1.165) is 22.7 Å². The number of carbonyl (C=O) groups excluding carboxylic acids is 1. The Hall–Kier alpha value is 0.600. The molecule has 1 aromatic rings. The number of aliphatic hydroxyl groups is 1. The highest BCUT2D eigenvalue weighted by Gasteiger charge is 2.22. The number of ether oxygens (including phenoxy) is 2. The van der Waals surface area contributed by atoms with Crippen LogP contribution in [0, 0.1) is 10.7 Å². The summed E-state index contributed by atoms with van der Waals surface area (Å²) in [5, 5.41) is 10.3. The largest absolute Gasteiger partial charge is 0.444 e. The van der Waals surface area contributed by atoms with Crippen LogP contribution < -0.4 is 0 Å². The van der Waals surface area contributed by atoms with Gasteiger partial charge in [0.25, 0.3) is 0 Å². The Kier molecular flexibility index (Phi) is 10.2. The van der Waals surface area contributed by atoms with Gasteiger partial charge in [0, 0.05) is 29.4 Å². The van der Waals surface area contributed by atoms with Gasteiger partial charge in [0.2, 0.25) is 0 Å². The molecule has 0 aliphatic rings. The van der Waals surface area contributed by atoms with Crippen molar-refractivity contribution in [2.75, 3.05) is 19.7 Å². The van der Waals surface area contributed by atoms with Gasteiger partial charge in [0.15, 0.2) is 6.29 Å². The molecular formula is C17H24I3NO4. The van der Waals surface area contributed by atoms with Gasteiger partial charge >= 0.3 is 6.09 Å². The van der Waals surface area contributed by atoms with Gasteiger partial charge in [-0.15, -0.1) is 0 Å². The summed E-state index contributed by atoms with van der Waals surface area (Å²) in [5.41, 5.74) is 0.216. The quantitative estimate of drug-likeness (QED) is 0.245. The number of halogens is 3. The molecule has 1 unspecified atom stereocenters. The molecule has 1 amide bonds. The Morgan fingerprint density at radius 3 is 2.44 bits per heavy atom. The minimum absolute atomic E-state index is 0.235. The normalized spacial score (nSPS) is 12.8. The van der Waals surface area contributed by atoms with Crippen molar-refractivity contribution in [2.24, 2.45) is 0 Å². The third-order valence-corrected chi connectivity index (χ3v) is 6.78. The van der Waals surface area contributed by atoms with Gasteiger partial charge in [-0.25, -0.2) is 4.79 Å². The van der Waals surface area contributed by atoms with E-state index < -0.39 is 11.9 Å². The Labute approximate surface area is 190 Å². The highest BCUT2D eigenvalue weighted by molar-refractivity contribution is 14.1. The van der Waals surface area contributed by atoms with Gasteiger partial charge in [-0.3, -0.25) is 0 Å². The fourth-order valence-electron chi connectivity index (χ4n) is 2.01. The third kappa shape index (κ3) is 8.43. The second kappa shape index (κ2) is 10.8. The van der Waals surface area contributed by atoms with Gasteiger partial charge in [-0.2, -0.15) is 0 Å². The van der Waals surface area contributed by atoms with Crippen molar-refractivity contribution in [1.29, 1.82) is 0 Å².